The molecule has 3 rings (SSSR count). The molecule has 1 aliphatic carbocycles. The molecule has 0 N–H and O–H groups in total. The van der Waals surface area contributed by atoms with Gasteiger partial charge in [0.05, 0.1) is 14.2 Å². The molecule has 0 bridgehead atoms. The first-order valence-electron chi connectivity index (χ1n) is 8.25. The summed E-state index contributed by atoms with van der Waals surface area (Å²) < 4.78 is 10.4. The Kier molecular flexibility index (Phi) is 5.04. The normalized spacial score (nSPS) is 16.2. The first kappa shape index (κ1) is 16.4. The molecular formula is C20H23NO3. The van der Waals surface area contributed by atoms with Crippen LogP contribution in [-0.4, -0.2) is 31.3 Å². The molecule has 0 saturated carbocycles. The Balaban J connectivity index is 1.82. The highest BCUT2D eigenvalue weighted by molar-refractivity contribution is 5.68. The largest absolute Gasteiger partial charge is 0.497 e. The monoisotopic (exact) mass is 325 g/mol. The minimum atomic E-state index is -0.268. The van der Waals surface area contributed by atoms with Crippen LogP contribution in [0, 0.1) is 0 Å². The van der Waals surface area contributed by atoms with Crippen molar-refractivity contribution < 1.29 is 14.3 Å². The molecule has 24 heavy (non-hydrogen) atoms. The van der Waals surface area contributed by atoms with E-state index in [9.17, 15) is 4.79 Å². The molecule has 126 valence electrons. The third kappa shape index (κ3) is 3.53. The first-order chi connectivity index (χ1) is 11.7. The fraction of sp³-hybridized carbons (Fsp3) is 0.350. The van der Waals surface area contributed by atoms with E-state index in [0.29, 0.717) is 6.54 Å². The van der Waals surface area contributed by atoms with Crippen LogP contribution >= 0.6 is 0 Å². The third-order valence-corrected chi connectivity index (χ3v) is 4.66. The van der Waals surface area contributed by atoms with Gasteiger partial charge in [-0.05, 0) is 48.1 Å². The van der Waals surface area contributed by atoms with E-state index in [4.69, 9.17) is 9.47 Å². The van der Waals surface area contributed by atoms with Crippen LogP contribution in [0.5, 0.6) is 5.75 Å². The lowest BCUT2D eigenvalue weighted by atomic mass is 9.87. The summed E-state index contributed by atoms with van der Waals surface area (Å²) in [5.41, 5.74) is 3.71. The van der Waals surface area contributed by atoms with Crippen LogP contribution < -0.4 is 4.74 Å². The molecule has 0 heterocycles. The lowest BCUT2D eigenvalue weighted by Crippen LogP contribution is -2.42. The number of rotatable bonds is 4. The van der Waals surface area contributed by atoms with Crippen molar-refractivity contribution in [3.63, 3.8) is 0 Å². The zero-order valence-electron chi connectivity index (χ0n) is 14.2. The summed E-state index contributed by atoms with van der Waals surface area (Å²) in [6.07, 6.45) is 2.47. The lowest BCUT2D eigenvalue weighted by molar-refractivity contribution is 0.0967. The Bertz CT molecular complexity index is 699. The number of hydrogen-bond donors (Lipinski definition) is 0. The second kappa shape index (κ2) is 7.39. The van der Waals surface area contributed by atoms with Crippen LogP contribution in [0.4, 0.5) is 4.79 Å². The highest BCUT2D eigenvalue weighted by Gasteiger charge is 2.28. The van der Waals surface area contributed by atoms with Crippen molar-refractivity contribution in [1.82, 2.24) is 4.90 Å². The summed E-state index contributed by atoms with van der Waals surface area (Å²) in [4.78, 5) is 14.2. The van der Waals surface area contributed by atoms with Gasteiger partial charge in [0.2, 0.25) is 0 Å². The summed E-state index contributed by atoms with van der Waals surface area (Å²) in [5, 5.41) is 0. The maximum Gasteiger partial charge on any atom is 0.410 e. The zero-order chi connectivity index (χ0) is 16.9. The smallest absolute Gasteiger partial charge is 0.410 e. The summed E-state index contributed by atoms with van der Waals surface area (Å²) in [7, 11) is 3.12. The van der Waals surface area contributed by atoms with E-state index in [1.165, 1.54) is 18.2 Å². The summed E-state index contributed by atoms with van der Waals surface area (Å²) >= 11 is 0. The van der Waals surface area contributed by atoms with E-state index in [1.807, 2.05) is 41.3 Å². The van der Waals surface area contributed by atoms with Crippen LogP contribution in [0.25, 0.3) is 0 Å². The number of amides is 1. The topological polar surface area (TPSA) is 38.8 Å². The number of fused-ring (bicyclic) bond motifs is 1. The number of carbonyl (C=O) groups excluding carboxylic acids is 1. The molecule has 0 spiro atoms. The Morgan fingerprint density at radius 1 is 1.12 bits per heavy atom. The third-order valence-electron chi connectivity index (χ3n) is 4.66. The minimum absolute atomic E-state index is 0.136. The van der Waals surface area contributed by atoms with Crippen LogP contribution in [-0.2, 0) is 24.1 Å². The first-order valence-corrected chi connectivity index (χ1v) is 8.25. The molecular weight excluding hydrogens is 302 g/mol. The summed E-state index contributed by atoms with van der Waals surface area (Å²) in [5.74, 6) is 0.863. The predicted octanol–water partition coefficient (Wildman–Crippen LogP) is 3.82. The molecule has 1 unspecified atom stereocenters. The predicted molar refractivity (Wildman–Crippen MR) is 93.2 cm³/mol. The van der Waals surface area contributed by atoms with Gasteiger partial charge in [0, 0.05) is 12.6 Å². The van der Waals surface area contributed by atoms with Crippen LogP contribution in [0.3, 0.4) is 0 Å². The molecule has 4 nitrogen and oxygen atoms in total. The average Bonchev–Trinajstić information content (AvgIpc) is 2.65. The number of aryl methyl sites for hydroxylation is 1. The quantitative estimate of drug-likeness (QED) is 0.858. The molecule has 4 heteroatoms. The molecule has 2 aromatic rings. The second-order valence-corrected chi connectivity index (χ2v) is 6.11. The minimum Gasteiger partial charge on any atom is -0.497 e. The van der Waals surface area contributed by atoms with Gasteiger partial charge in [-0.1, -0.05) is 36.4 Å². The van der Waals surface area contributed by atoms with E-state index < -0.39 is 0 Å². The maximum atomic E-state index is 12.3. The van der Waals surface area contributed by atoms with Gasteiger partial charge in [-0.3, -0.25) is 0 Å². The van der Waals surface area contributed by atoms with Crippen molar-refractivity contribution in [1.29, 1.82) is 0 Å². The number of hydrogen-bond acceptors (Lipinski definition) is 3. The second-order valence-electron chi connectivity index (χ2n) is 6.11. The van der Waals surface area contributed by atoms with Crippen molar-refractivity contribution >= 4 is 6.09 Å². The van der Waals surface area contributed by atoms with Crippen molar-refractivity contribution in [2.75, 3.05) is 14.2 Å². The van der Waals surface area contributed by atoms with Crippen molar-refractivity contribution in [3.8, 4) is 5.75 Å². The highest BCUT2D eigenvalue weighted by Crippen LogP contribution is 2.29. The Hall–Kier alpha value is -2.49. The van der Waals surface area contributed by atoms with Gasteiger partial charge < -0.3 is 14.4 Å². The Morgan fingerprint density at radius 2 is 1.92 bits per heavy atom. The number of nitrogens with zero attached hydrogens (tertiary/aromatic N) is 1. The molecule has 0 fully saturated rings. The standard InChI is InChI=1S/C20H23NO3/c1-23-19-11-9-16-8-10-18(12-17(16)13-19)21(20(22)24-2)14-15-6-4-3-5-7-15/h3-7,9,11,13,18H,8,10,12,14H2,1-2H3. The van der Waals surface area contributed by atoms with Gasteiger partial charge in [0.1, 0.15) is 5.75 Å². The van der Waals surface area contributed by atoms with Gasteiger partial charge in [-0.25, -0.2) is 4.79 Å². The van der Waals surface area contributed by atoms with E-state index in [1.54, 1.807) is 7.11 Å². The lowest BCUT2D eigenvalue weighted by Gasteiger charge is -2.34. The van der Waals surface area contributed by atoms with Gasteiger partial charge in [-0.15, -0.1) is 0 Å². The fourth-order valence-corrected chi connectivity index (χ4v) is 3.35. The van der Waals surface area contributed by atoms with Crippen LogP contribution in [0.2, 0.25) is 0 Å². The maximum absolute atomic E-state index is 12.3. The van der Waals surface area contributed by atoms with Crippen molar-refractivity contribution in [2.24, 2.45) is 0 Å². The molecule has 0 aliphatic heterocycles. The number of methoxy groups -OCH3 is 2. The Morgan fingerprint density at radius 3 is 2.62 bits per heavy atom. The van der Waals surface area contributed by atoms with Gasteiger partial charge in [0.25, 0.3) is 0 Å². The van der Waals surface area contributed by atoms with Crippen molar-refractivity contribution in [2.45, 2.75) is 31.8 Å². The molecule has 1 atom stereocenters. The molecule has 1 aliphatic rings. The van der Waals surface area contributed by atoms with Gasteiger partial charge in [-0.2, -0.15) is 0 Å². The Labute approximate surface area is 143 Å². The van der Waals surface area contributed by atoms with E-state index in [0.717, 1.165) is 30.6 Å². The van der Waals surface area contributed by atoms with Crippen molar-refractivity contribution in [3.05, 3.63) is 65.2 Å². The van der Waals surface area contributed by atoms with Gasteiger partial charge >= 0.3 is 6.09 Å². The van der Waals surface area contributed by atoms with Crippen LogP contribution in [0.1, 0.15) is 23.1 Å². The number of ether oxygens (including phenoxy) is 2. The highest BCUT2D eigenvalue weighted by atomic mass is 16.5. The zero-order valence-corrected chi connectivity index (χ0v) is 14.2. The number of benzene rings is 2. The molecule has 0 aromatic heterocycles. The SMILES string of the molecule is COC(=O)N(Cc1ccccc1)C1CCc2ccc(OC)cc2C1. The molecule has 2 aromatic carbocycles. The average molecular weight is 325 g/mol. The van der Waals surface area contributed by atoms with Crippen LogP contribution in [0.15, 0.2) is 48.5 Å². The molecule has 0 saturated heterocycles. The van der Waals surface area contributed by atoms with E-state index in [-0.39, 0.29) is 12.1 Å². The fourth-order valence-electron chi connectivity index (χ4n) is 3.35. The van der Waals surface area contributed by atoms with Gasteiger partial charge in [0.15, 0.2) is 0 Å². The molecule has 0 radical (unpaired) electrons. The number of carbonyl (C=O) groups is 1. The summed E-state index contributed by atoms with van der Waals surface area (Å²) in [6, 6.07) is 16.4. The molecule has 1 amide bonds. The van der Waals surface area contributed by atoms with E-state index in [2.05, 4.69) is 12.1 Å². The van der Waals surface area contributed by atoms with E-state index >= 15 is 0 Å². The summed E-state index contributed by atoms with van der Waals surface area (Å²) in [6.45, 7) is 0.567.